The average molecular weight is 420 g/mol. The molecule has 2 aromatic carbocycles. The van der Waals surface area contributed by atoms with Crippen LogP contribution in [0.3, 0.4) is 0 Å². The molecule has 2 heterocycles. The van der Waals surface area contributed by atoms with E-state index in [1.807, 2.05) is 30.3 Å². The topological polar surface area (TPSA) is 112 Å². The molecule has 158 valence electrons. The zero-order valence-electron chi connectivity index (χ0n) is 16.9. The first kappa shape index (κ1) is 20.0. The standard InChI is InChI=1S/C21H20N6O4/c1-30-15-8-9-16(17(12-15)31-2)23-19(28)13-27-21(29)26-11-10-18(24-20(26)25-27)22-14-6-4-3-5-7-14/h3-12H,13H2,1-2H3,(H,23,28)(H,22,24,25). The fourth-order valence-corrected chi connectivity index (χ4v) is 2.98. The Morgan fingerprint density at radius 2 is 1.87 bits per heavy atom. The second-order valence-corrected chi connectivity index (χ2v) is 6.53. The lowest BCUT2D eigenvalue weighted by atomic mass is 10.2. The molecular weight excluding hydrogens is 400 g/mol. The van der Waals surface area contributed by atoms with Gasteiger partial charge in [-0.15, -0.1) is 5.10 Å². The van der Waals surface area contributed by atoms with E-state index >= 15 is 0 Å². The molecule has 0 spiro atoms. The van der Waals surface area contributed by atoms with Crippen molar-refractivity contribution in [3.8, 4) is 11.5 Å². The molecule has 0 atom stereocenters. The predicted molar refractivity (Wildman–Crippen MR) is 115 cm³/mol. The smallest absolute Gasteiger partial charge is 0.352 e. The highest BCUT2D eigenvalue weighted by Crippen LogP contribution is 2.28. The van der Waals surface area contributed by atoms with Gasteiger partial charge in [-0.05, 0) is 30.3 Å². The Morgan fingerprint density at radius 1 is 1.06 bits per heavy atom. The molecule has 0 bridgehead atoms. The number of methoxy groups -OCH3 is 2. The average Bonchev–Trinajstić information content (AvgIpc) is 3.09. The molecule has 0 radical (unpaired) electrons. The van der Waals surface area contributed by atoms with Gasteiger partial charge in [0, 0.05) is 18.0 Å². The van der Waals surface area contributed by atoms with Crippen LogP contribution < -0.4 is 25.8 Å². The number of nitrogens with zero attached hydrogens (tertiary/aromatic N) is 4. The maximum atomic E-state index is 12.6. The molecule has 31 heavy (non-hydrogen) atoms. The summed E-state index contributed by atoms with van der Waals surface area (Å²) in [6, 6.07) is 16.2. The Balaban J connectivity index is 1.52. The van der Waals surface area contributed by atoms with Gasteiger partial charge in [-0.25, -0.2) is 13.9 Å². The summed E-state index contributed by atoms with van der Waals surface area (Å²) in [6.45, 7) is -0.279. The van der Waals surface area contributed by atoms with E-state index in [4.69, 9.17) is 9.47 Å². The Bertz CT molecular complexity index is 1280. The molecule has 1 amide bonds. The number of hydrogen-bond acceptors (Lipinski definition) is 7. The van der Waals surface area contributed by atoms with Crippen LogP contribution in [0.25, 0.3) is 5.78 Å². The molecule has 10 heteroatoms. The van der Waals surface area contributed by atoms with E-state index in [2.05, 4.69) is 20.7 Å². The lowest BCUT2D eigenvalue weighted by molar-refractivity contribution is -0.117. The van der Waals surface area contributed by atoms with Crippen molar-refractivity contribution in [3.05, 3.63) is 71.3 Å². The monoisotopic (exact) mass is 420 g/mol. The number of rotatable bonds is 7. The minimum atomic E-state index is -0.467. The SMILES string of the molecule is COc1ccc(NC(=O)Cn2nc3nc(Nc4ccccc4)ccn3c2=O)c(OC)c1. The molecule has 0 aliphatic rings. The van der Waals surface area contributed by atoms with Crippen LogP contribution in [0.15, 0.2) is 65.6 Å². The number of carbonyl (C=O) groups is 1. The van der Waals surface area contributed by atoms with Crippen LogP contribution in [0.4, 0.5) is 17.2 Å². The maximum absolute atomic E-state index is 12.6. The van der Waals surface area contributed by atoms with Crippen LogP contribution >= 0.6 is 0 Å². The van der Waals surface area contributed by atoms with Crippen LogP contribution in [0.2, 0.25) is 0 Å². The number of amides is 1. The van der Waals surface area contributed by atoms with Crippen molar-refractivity contribution in [1.82, 2.24) is 19.2 Å². The summed E-state index contributed by atoms with van der Waals surface area (Å²) >= 11 is 0. The van der Waals surface area contributed by atoms with Gasteiger partial charge in [-0.3, -0.25) is 4.79 Å². The third-order valence-electron chi connectivity index (χ3n) is 4.48. The van der Waals surface area contributed by atoms with Gasteiger partial charge < -0.3 is 20.1 Å². The molecule has 0 saturated carbocycles. The largest absolute Gasteiger partial charge is 0.497 e. The normalized spacial score (nSPS) is 10.6. The molecule has 4 rings (SSSR count). The molecule has 0 saturated heterocycles. The number of hydrogen-bond donors (Lipinski definition) is 2. The molecule has 4 aromatic rings. The molecule has 0 fully saturated rings. The quantitative estimate of drug-likeness (QED) is 0.472. The number of aromatic nitrogens is 4. The first-order valence-electron chi connectivity index (χ1n) is 9.37. The van der Waals surface area contributed by atoms with Gasteiger partial charge >= 0.3 is 5.69 Å². The Labute approximate surface area is 177 Å². The minimum absolute atomic E-state index is 0.181. The molecule has 2 N–H and O–H groups in total. The Kier molecular flexibility index (Phi) is 5.52. The second-order valence-electron chi connectivity index (χ2n) is 6.53. The summed E-state index contributed by atoms with van der Waals surface area (Å²) in [7, 11) is 3.03. The van der Waals surface area contributed by atoms with E-state index in [1.54, 1.807) is 30.5 Å². The van der Waals surface area contributed by atoms with Gasteiger partial charge in [0.15, 0.2) is 0 Å². The summed E-state index contributed by atoms with van der Waals surface area (Å²) in [5.41, 5.74) is 0.845. The van der Waals surface area contributed by atoms with Gasteiger partial charge in [0.25, 0.3) is 5.78 Å². The predicted octanol–water partition coefficient (Wildman–Crippen LogP) is 2.29. The number of fused-ring (bicyclic) bond motifs is 1. The number of benzene rings is 2. The highest BCUT2D eigenvalue weighted by molar-refractivity contribution is 5.92. The van der Waals surface area contributed by atoms with Crippen molar-refractivity contribution in [2.75, 3.05) is 24.9 Å². The van der Waals surface area contributed by atoms with E-state index in [0.29, 0.717) is 23.0 Å². The van der Waals surface area contributed by atoms with Crippen LogP contribution in [0.5, 0.6) is 11.5 Å². The van der Waals surface area contributed by atoms with Gasteiger partial charge in [-0.1, -0.05) is 18.2 Å². The van der Waals surface area contributed by atoms with E-state index in [-0.39, 0.29) is 12.3 Å². The molecule has 0 aliphatic carbocycles. The molecule has 2 aromatic heterocycles. The number of nitrogens with one attached hydrogen (secondary N) is 2. The van der Waals surface area contributed by atoms with Gasteiger partial charge in [0.1, 0.15) is 23.9 Å². The van der Waals surface area contributed by atoms with Crippen molar-refractivity contribution in [1.29, 1.82) is 0 Å². The lowest BCUT2D eigenvalue weighted by Gasteiger charge is -2.11. The fourth-order valence-electron chi connectivity index (χ4n) is 2.98. The summed E-state index contributed by atoms with van der Waals surface area (Å²) in [6.07, 6.45) is 1.56. The zero-order valence-corrected chi connectivity index (χ0v) is 16.9. The first-order valence-corrected chi connectivity index (χ1v) is 9.37. The van der Waals surface area contributed by atoms with Crippen LogP contribution in [0, 0.1) is 0 Å². The van der Waals surface area contributed by atoms with Crippen LogP contribution in [-0.4, -0.2) is 39.3 Å². The highest BCUT2D eigenvalue weighted by atomic mass is 16.5. The van der Waals surface area contributed by atoms with Gasteiger partial charge in [0.05, 0.1) is 19.9 Å². The maximum Gasteiger partial charge on any atom is 0.352 e. The third-order valence-corrected chi connectivity index (χ3v) is 4.48. The highest BCUT2D eigenvalue weighted by Gasteiger charge is 2.14. The summed E-state index contributed by atoms with van der Waals surface area (Å²) in [5, 5.41) is 10.0. The first-order chi connectivity index (χ1) is 15.1. The van der Waals surface area contributed by atoms with Crippen molar-refractivity contribution in [3.63, 3.8) is 0 Å². The number of ether oxygens (including phenoxy) is 2. The summed E-state index contributed by atoms with van der Waals surface area (Å²) in [5.74, 6) is 1.31. The number of anilines is 3. The van der Waals surface area contributed by atoms with Crippen LogP contribution in [0.1, 0.15) is 0 Å². The Morgan fingerprint density at radius 3 is 2.61 bits per heavy atom. The van der Waals surface area contributed by atoms with Gasteiger partial charge in [-0.2, -0.15) is 4.98 Å². The summed E-state index contributed by atoms with van der Waals surface area (Å²) in [4.78, 5) is 29.4. The second kappa shape index (κ2) is 8.57. The summed E-state index contributed by atoms with van der Waals surface area (Å²) < 4.78 is 12.7. The van der Waals surface area contributed by atoms with Crippen molar-refractivity contribution in [2.45, 2.75) is 6.54 Å². The van der Waals surface area contributed by atoms with Crippen molar-refractivity contribution >= 4 is 28.9 Å². The molecular formula is C21H20N6O4. The number of carbonyl (C=O) groups excluding carboxylic acids is 1. The van der Waals surface area contributed by atoms with E-state index in [0.717, 1.165) is 10.4 Å². The zero-order chi connectivity index (χ0) is 21.8. The minimum Gasteiger partial charge on any atom is -0.497 e. The van der Waals surface area contributed by atoms with Crippen molar-refractivity contribution < 1.29 is 14.3 Å². The fraction of sp³-hybridized carbons (Fsp3) is 0.143. The van der Waals surface area contributed by atoms with Crippen LogP contribution in [-0.2, 0) is 11.3 Å². The number of para-hydroxylation sites is 1. The lowest BCUT2D eigenvalue weighted by Crippen LogP contribution is -2.28. The van der Waals surface area contributed by atoms with Crippen molar-refractivity contribution in [2.24, 2.45) is 0 Å². The van der Waals surface area contributed by atoms with E-state index in [9.17, 15) is 9.59 Å². The third kappa shape index (κ3) is 4.32. The molecule has 10 nitrogen and oxygen atoms in total. The van der Waals surface area contributed by atoms with Gasteiger partial charge in [0.2, 0.25) is 5.91 Å². The van der Waals surface area contributed by atoms with E-state index in [1.165, 1.54) is 18.6 Å². The molecule has 0 unspecified atom stereocenters. The van der Waals surface area contributed by atoms with E-state index < -0.39 is 11.6 Å². The Hall–Kier alpha value is -4.34. The molecule has 0 aliphatic heterocycles.